The number of ether oxygens (including phenoxy) is 2. The fourth-order valence-electron chi connectivity index (χ4n) is 4.51. The topological polar surface area (TPSA) is 93.5 Å². The highest BCUT2D eigenvalue weighted by Crippen LogP contribution is 2.31. The normalized spacial score (nSPS) is 16.0. The zero-order chi connectivity index (χ0) is 26.4. The van der Waals surface area contributed by atoms with Crippen molar-refractivity contribution in [3.8, 4) is 0 Å². The maximum atomic E-state index is 11.9. The number of aromatic nitrogens is 3. The van der Waals surface area contributed by atoms with Gasteiger partial charge >= 0.3 is 6.09 Å². The van der Waals surface area contributed by atoms with Crippen LogP contribution < -0.4 is 10.6 Å². The van der Waals surface area contributed by atoms with Crippen LogP contribution in [-0.4, -0.2) is 70.0 Å². The Bertz CT molecular complexity index is 1190. The number of imidazole rings is 1. The molecule has 1 saturated heterocycles. The van der Waals surface area contributed by atoms with Gasteiger partial charge in [-0.2, -0.15) is 0 Å². The average molecular weight is 574 g/mol. The number of para-hydroxylation sites is 2. The van der Waals surface area contributed by atoms with Gasteiger partial charge in [0.2, 0.25) is 5.95 Å². The summed E-state index contributed by atoms with van der Waals surface area (Å²) in [6, 6.07) is 14.3. The van der Waals surface area contributed by atoms with Crippen LogP contribution in [0.15, 0.2) is 47.1 Å². The van der Waals surface area contributed by atoms with Crippen molar-refractivity contribution < 1.29 is 14.3 Å². The molecule has 0 spiro atoms. The van der Waals surface area contributed by atoms with E-state index in [1.165, 1.54) is 0 Å². The van der Waals surface area contributed by atoms with Crippen LogP contribution in [0.1, 0.15) is 52.5 Å². The van der Waals surface area contributed by atoms with Crippen molar-refractivity contribution in [3.05, 3.63) is 52.8 Å². The number of amides is 1. The van der Waals surface area contributed by atoms with E-state index < -0.39 is 11.8 Å². The largest absolute Gasteiger partial charge is 0.444 e. The number of hydrogen-bond donors (Lipinski definition) is 2. The lowest BCUT2D eigenvalue weighted by Gasteiger charge is -2.33. The number of alkyl carbamates (subject to hydrolysis) is 1. The summed E-state index contributed by atoms with van der Waals surface area (Å²) < 4.78 is 14.4. The minimum absolute atomic E-state index is 0.281. The molecule has 4 rings (SSSR count). The number of benzene rings is 1. The number of pyridine rings is 1. The van der Waals surface area contributed by atoms with Gasteiger partial charge in [0.15, 0.2) is 6.23 Å². The van der Waals surface area contributed by atoms with Crippen LogP contribution in [0.25, 0.3) is 11.0 Å². The number of hydrogen-bond acceptors (Lipinski definition) is 7. The van der Waals surface area contributed by atoms with E-state index in [2.05, 4.69) is 47.1 Å². The second-order valence-electron chi connectivity index (χ2n) is 10.2. The lowest BCUT2D eigenvalue weighted by Crippen LogP contribution is -2.43. The van der Waals surface area contributed by atoms with Gasteiger partial charge in [-0.15, -0.1) is 0 Å². The highest BCUT2D eigenvalue weighted by molar-refractivity contribution is 9.10. The van der Waals surface area contributed by atoms with Gasteiger partial charge in [-0.1, -0.05) is 18.2 Å². The summed E-state index contributed by atoms with van der Waals surface area (Å²) in [5.74, 6) is 0.784. The Balaban J connectivity index is 1.43. The number of halogens is 1. The number of carbonyl (C=O) groups excluding carboxylic acids is 1. The Morgan fingerprint density at radius 3 is 2.59 bits per heavy atom. The predicted molar refractivity (Wildman–Crippen MR) is 149 cm³/mol. The van der Waals surface area contributed by atoms with E-state index in [-0.39, 0.29) is 12.1 Å². The maximum absolute atomic E-state index is 11.9. The summed E-state index contributed by atoms with van der Waals surface area (Å²) in [4.78, 5) is 23.9. The van der Waals surface area contributed by atoms with Gasteiger partial charge in [0.1, 0.15) is 10.2 Å². The van der Waals surface area contributed by atoms with Gasteiger partial charge in [0, 0.05) is 38.8 Å². The van der Waals surface area contributed by atoms with Crippen LogP contribution in [0, 0.1) is 0 Å². The SMILES string of the molecule is CCOC(c1cccc(Br)n1)n1c(NC2CCN(CCNC(=O)OC(C)(C)C)CC2)nc2ccccc21. The van der Waals surface area contributed by atoms with Crippen LogP contribution in [0.5, 0.6) is 0 Å². The van der Waals surface area contributed by atoms with Crippen LogP contribution >= 0.6 is 15.9 Å². The third-order valence-corrected chi connectivity index (χ3v) is 6.60. The van der Waals surface area contributed by atoms with E-state index in [0.717, 1.165) is 59.8 Å². The molecular formula is C27H37BrN6O3. The predicted octanol–water partition coefficient (Wildman–Crippen LogP) is 5.18. The number of nitrogens with zero attached hydrogens (tertiary/aromatic N) is 4. The van der Waals surface area contributed by atoms with E-state index in [9.17, 15) is 4.79 Å². The molecule has 2 aromatic heterocycles. The van der Waals surface area contributed by atoms with Crippen molar-refractivity contribution in [1.82, 2.24) is 24.8 Å². The molecule has 9 nitrogen and oxygen atoms in total. The summed E-state index contributed by atoms with van der Waals surface area (Å²) in [5, 5.41) is 6.55. The number of carbonyl (C=O) groups is 1. The number of piperidine rings is 1. The monoisotopic (exact) mass is 572 g/mol. The first-order chi connectivity index (χ1) is 17.7. The first kappa shape index (κ1) is 27.3. The highest BCUT2D eigenvalue weighted by atomic mass is 79.9. The van der Waals surface area contributed by atoms with E-state index in [4.69, 9.17) is 14.5 Å². The first-order valence-corrected chi connectivity index (χ1v) is 13.7. The number of anilines is 1. The molecule has 37 heavy (non-hydrogen) atoms. The molecule has 1 aliphatic heterocycles. The second-order valence-corrected chi connectivity index (χ2v) is 11.0. The molecule has 3 heterocycles. The van der Waals surface area contributed by atoms with Gasteiger partial charge in [-0.3, -0.25) is 4.57 Å². The van der Waals surface area contributed by atoms with Crippen molar-refractivity contribution in [2.24, 2.45) is 0 Å². The molecule has 0 saturated carbocycles. The summed E-state index contributed by atoms with van der Waals surface area (Å²) in [6.07, 6.45) is 1.18. The minimum Gasteiger partial charge on any atom is -0.444 e. The number of likely N-dealkylation sites (tertiary alicyclic amines) is 1. The van der Waals surface area contributed by atoms with Crippen molar-refractivity contribution in [3.63, 3.8) is 0 Å². The number of nitrogens with one attached hydrogen (secondary N) is 2. The molecule has 1 unspecified atom stereocenters. The summed E-state index contributed by atoms with van der Waals surface area (Å²) in [7, 11) is 0. The molecule has 1 amide bonds. The van der Waals surface area contributed by atoms with Crippen molar-refractivity contribution >= 4 is 39.0 Å². The van der Waals surface area contributed by atoms with E-state index in [1.54, 1.807) is 0 Å². The van der Waals surface area contributed by atoms with E-state index in [0.29, 0.717) is 13.2 Å². The fourth-order valence-corrected chi connectivity index (χ4v) is 4.87. The van der Waals surface area contributed by atoms with Crippen molar-refractivity contribution in [2.75, 3.05) is 38.1 Å². The Hall–Kier alpha value is -2.69. The molecule has 0 bridgehead atoms. The van der Waals surface area contributed by atoms with Gasteiger partial charge < -0.3 is 25.0 Å². The summed E-state index contributed by atoms with van der Waals surface area (Å²) in [6.45, 7) is 11.4. The van der Waals surface area contributed by atoms with Gasteiger partial charge in [0.25, 0.3) is 0 Å². The molecule has 1 atom stereocenters. The molecular weight excluding hydrogens is 536 g/mol. The minimum atomic E-state index is -0.487. The quantitative estimate of drug-likeness (QED) is 0.341. The third kappa shape index (κ3) is 7.43. The molecule has 3 aromatic rings. The highest BCUT2D eigenvalue weighted by Gasteiger charge is 2.26. The average Bonchev–Trinajstić information content (AvgIpc) is 3.20. The van der Waals surface area contributed by atoms with Crippen LogP contribution in [-0.2, 0) is 9.47 Å². The Kier molecular flexibility index (Phi) is 9.04. The third-order valence-electron chi connectivity index (χ3n) is 6.16. The Morgan fingerprint density at radius 1 is 1.14 bits per heavy atom. The van der Waals surface area contributed by atoms with E-state index in [1.807, 2.05) is 64.1 Å². The first-order valence-electron chi connectivity index (χ1n) is 12.9. The summed E-state index contributed by atoms with van der Waals surface area (Å²) in [5.41, 5.74) is 2.24. The molecule has 2 N–H and O–H groups in total. The Morgan fingerprint density at radius 2 is 1.89 bits per heavy atom. The maximum Gasteiger partial charge on any atom is 0.407 e. The molecule has 10 heteroatoms. The molecule has 0 radical (unpaired) electrons. The lowest BCUT2D eigenvalue weighted by atomic mass is 10.1. The van der Waals surface area contributed by atoms with Crippen LogP contribution in [0.3, 0.4) is 0 Å². The van der Waals surface area contributed by atoms with Crippen molar-refractivity contribution in [1.29, 1.82) is 0 Å². The number of fused-ring (bicyclic) bond motifs is 1. The van der Waals surface area contributed by atoms with E-state index >= 15 is 0 Å². The van der Waals surface area contributed by atoms with Crippen molar-refractivity contribution in [2.45, 2.75) is 58.4 Å². The summed E-state index contributed by atoms with van der Waals surface area (Å²) >= 11 is 3.49. The van der Waals surface area contributed by atoms with Gasteiger partial charge in [0.05, 0.1) is 16.7 Å². The number of rotatable bonds is 9. The molecule has 1 aliphatic rings. The molecule has 1 fully saturated rings. The molecule has 1 aromatic carbocycles. The van der Waals surface area contributed by atoms with Crippen LogP contribution in [0.2, 0.25) is 0 Å². The standard InChI is InChI=1S/C27H37BrN6O3/c1-5-36-24(21-10-8-12-23(28)31-21)34-22-11-7-6-9-20(22)32-25(34)30-19-13-16-33(17-14-19)18-15-29-26(35)37-27(2,3)4/h6-12,19,24H,5,13-18H2,1-4H3,(H,29,35)(H,30,32). The smallest absolute Gasteiger partial charge is 0.407 e. The zero-order valence-corrected chi connectivity index (χ0v) is 23.6. The van der Waals surface area contributed by atoms with Crippen LogP contribution in [0.4, 0.5) is 10.7 Å². The Labute approximate surface area is 227 Å². The van der Waals surface area contributed by atoms with Gasteiger partial charge in [-0.05, 0) is 80.7 Å². The molecule has 0 aliphatic carbocycles. The molecule has 200 valence electrons. The lowest BCUT2D eigenvalue weighted by molar-refractivity contribution is 0.0419. The second kappa shape index (κ2) is 12.2. The fraction of sp³-hybridized carbons (Fsp3) is 0.519. The zero-order valence-electron chi connectivity index (χ0n) is 22.0. The van der Waals surface area contributed by atoms with Gasteiger partial charge in [-0.25, -0.2) is 14.8 Å².